The average molecular weight is 373 g/mol. The minimum atomic E-state index is 0.408. The molecule has 0 heterocycles. The molecule has 0 atom stereocenters. The number of benzene rings is 3. The Kier molecular flexibility index (Phi) is 4.33. The van der Waals surface area contributed by atoms with E-state index in [4.69, 9.17) is 21.6 Å². The van der Waals surface area contributed by atoms with Crippen molar-refractivity contribution >= 4 is 38.3 Å². The number of halogens is 2. The highest BCUT2D eigenvalue weighted by molar-refractivity contribution is 9.10. The Hall–Kier alpha value is -2.02. The average Bonchev–Trinajstić information content (AvgIpc) is 2.54. The molecule has 4 heteroatoms. The molecular weight excluding hydrogens is 362 g/mol. The minimum Gasteiger partial charge on any atom is -0.486 e. The predicted molar refractivity (Wildman–Crippen MR) is 92.1 cm³/mol. The van der Waals surface area contributed by atoms with E-state index in [2.05, 4.69) is 40.2 Å². The van der Waals surface area contributed by atoms with Gasteiger partial charge in [-0.1, -0.05) is 54.1 Å². The lowest BCUT2D eigenvalue weighted by Gasteiger charge is -2.12. The summed E-state index contributed by atoms with van der Waals surface area (Å²) in [6.07, 6.45) is 0. The fourth-order valence-corrected chi connectivity index (χ4v) is 3.29. The van der Waals surface area contributed by atoms with E-state index in [0.29, 0.717) is 27.4 Å². The summed E-state index contributed by atoms with van der Waals surface area (Å²) in [5, 5.41) is 11.7. The van der Waals surface area contributed by atoms with E-state index in [1.165, 1.54) is 5.39 Å². The maximum atomic E-state index is 8.93. The summed E-state index contributed by atoms with van der Waals surface area (Å²) >= 11 is 9.59. The van der Waals surface area contributed by atoms with Crippen LogP contribution in [0.2, 0.25) is 5.02 Å². The highest BCUT2D eigenvalue weighted by atomic mass is 79.9. The van der Waals surface area contributed by atoms with Crippen molar-refractivity contribution in [2.24, 2.45) is 0 Å². The lowest BCUT2D eigenvalue weighted by atomic mass is 10.1. The molecule has 0 bridgehead atoms. The number of nitrogens with zero attached hydrogens (tertiary/aromatic N) is 1. The summed E-state index contributed by atoms with van der Waals surface area (Å²) in [5.41, 5.74) is 1.58. The third-order valence-corrected chi connectivity index (χ3v) is 4.25. The molecule has 22 heavy (non-hydrogen) atoms. The smallest absolute Gasteiger partial charge is 0.152 e. The van der Waals surface area contributed by atoms with Gasteiger partial charge in [-0.05, 0) is 44.4 Å². The van der Waals surface area contributed by atoms with Crippen molar-refractivity contribution in [1.29, 1.82) is 5.26 Å². The zero-order chi connectivity index (χ0) is 15.5. The van der Waals surface area contributed by atoms with E-state index in [1.54, 1.807) is 12.1 Å². The Labute approximate surface area is 142 Å². The van der Waals surface area contributed by atoms with Crippen LogP contribution in [0.15, 0.2) is 59.1 Å². The van der Waals surface area contributed by atoms with Crippen LogP contribution in [0.4, 0.5) is 0 Å². The summed E-state index contributed by atoms with van der Waals surface area (Å²) < 4.78 is 6.55. The third-order valence-electron chi connectivity index (χ3n) is 3.38. The van der Waals surface area contributed by atoms with Crippen LogP contribution in [0.25, 0.3) is 10.8 Å². The van der Waals surface area contributed by atoms with Crippen molar-refractivity contribution in [2.45, 2.75) is 6.61 Å². The van der Waals surface area contributed by atoms with Gasteiger partial charge in [0.05, 0.1) is 21.1 Å². The number of hydrogen-bond donors (Lipinski definition) is 0. The first-order valence-corrected chi connectivity index (χ1v) is 7.84. The van der Waals surface area contributed by atoms with Crippen LogP contribution in [0.3, 0.4) is 0 Å². The lowest BCUT2D eigenvalue weighted by molar-refractivity contribution is 0.306. The molecule has 0 unspecified atom stereocenters. The molecule has 0 saturated carbocycles. The first kappa shape index (κ1) is 14.9. The second-order valence-corrected chi connectivity index (χ2v) is 6.07. The zero-order valence-corrected chi connectivity index (χ0v) is 13.9. The van der Waals surface area contributed by atoms with Crippen molar-refractivity contribution in [1.82, 2.24) is 0 Å². The van der Waals surface area contributed by atoms with Gasteiger partial charge in [0.1, 0.15) is 6.61 Å². The third kappa shape index (κ3) is 2.94. The Bertz CT molecular complexity index is 857. The van der Waals surface area contributed by atoms with E-state index in [1.807, 2.05) is 24.3 Å². The van der Waals surface area contributed by atoms with Crippen molar-refractivity contribution in [3.63, 3.8) is 0 Å². The van der Waals surface area contributed by atoms with Gasteiger partial charge in [0.25, 0.3) is 0 Å². The van der Waals surface area contributed by atoms with Crippen LogP contribution >= 0.6 is 27.5 Å². The predicted octanol–water partition coefficient (Wildman–Crippen LogP) is 5.71. The molecule has 0 N–H and O–H groups in total. The van der Waals surface area contributed by atoms with E-state index in [0.717, 1.165) is 10.9 Å². The minimum absolute atomic E-state index is 0.408. The summed E-state index contributed by atoms with van der Waals surface area (Å²) in [6, 6.07) is 19.7. The second kappa shape index (κ2) is 6.39. The largest absolute Gasteiger partial charge is 0.486 e. The van der Waals surface area contributed by atoms with Gasteiger partial charge in [0.2, 0.25) is 0 Å². The highest BCUT2D eigenvalue weighted by Gasteiger charge is 2.10. The number of rotatable bonds is 3. The number of ether oxygens (including phenoxy) is 1. The van der Waals surface area contributed by atoms with E-state index >= 15 is 0 Å². The van der Waals surface area contributed by atoms with Crippen LogP contribution in [0.1, 0.15) is 11.1 Å². The van der Waals surface area contributed by atoms with Crippen molar-refractivity contribution in [2.75, 3.05) is 0 Å². The first-order valence-electron chi connectivity index (χ1n) is 6.67. The van der Waals surface area contributed by atoms with E-state index in [-0.39, 0.29) is 0 Å². The molecular formula is C18H11BrClNO. The lowest BCUT2D eigenvalue weighted by Crippen LogP contribution is -1.98. The quantitative estimate of drug-likeness (QED) is 0.590. The molecule has 0 fully saturated rings. The van der Waals surface area contributed by atoms with Gasteiger partial charge in [-0.25, -0.2) is 0 Å². The summed E-state index contributed by atoms with van der Waals surface area (Å²) in [6.45, 7) is 0.408. The molecule has 0 aliphatic carbocycles. The van der Waals surface area contributed by atoms with Crippen LogP contribution in [-0.2, 0) is 6.61 Å². The molecule has 0 aliphatic rings. The summed E-state index contributed by atoms with van der Waals surface area (Å²) in [7, 11) is 0. The van der Waals surface area contributed by atoms with Gasteiger partial charge in [-0.2, -0.15) is 5.26 Å². The van der Waals surface area contributed by atoms with Crippen LogP contribution < -0.4 is 4.74 Å². The van der Waals surface area contributed by atoms with Gasteiger partial charge < -0.3 is 4.74 Å². The summed E-state index contributed by atoms with van der Waals surface area (Å²) in [4.78, 5) is 0. The summed E-state index contributed by atoms with van der Waals surface area (Å²) in [5.74, 6) is 0.550. The molecule has 3 rings (SSSR count). The highest BCUT2D eigenvalue weighted by Crippen LogP contribution is 2.35. The number of nitriles is 1. The molecule has 0 aliphatic heterocycles. The fraction of sp³-hybridized carbons (Fsp3) is 0.0556. The van der Waals surface area contributed by atoms with Crippen molar-refractivity contribution in [3.8, 4) is 11.8 Å². The van der Waals surface area contributed by atoms with Gasteiger partial charge in [0.15, 0.2) is 5.75 Å². The number of hydrogen-bond acceptors (Lipinski definition) is 2. The van der Waals surface area contributed by atoms with Gasteiger partial charge in [0, 0.05) is 0 Å². The first-order chi connectivity index (χ1) is 10.7. The Morgan fingerprint density at radius 1 is 1.09 bits per heavy atom. The van der Waals surface area contributed by atoms with Gasteiger partial charge in [-0.15, -0.1) is 0 Å². The molecule has 0 amide bonds. The topological polar surface area (TPSA) is 33.0 Å². The molecule has 0 radical (unpaired) electrons. The van der Waals surface area contributed by atoms with Crippen LogP contribution in [0, 0.1) is 11.3 Å². The maximum Gasteiger partial charge on any atom is 0.152 e. The molecule has 0 aromatic heterocycles. The standard InChI is InChI=1S/C18H11BrClNO/c19-16-8-12(10-21)9-17(20)18(16)22-11-14-6-3-5-13-4-1-2-7-15(13)14/h1-9H,11H2. The molecule has 3 aromatic rings. The van der Waals surface area contributed by atoms with Gasteiger partial charge >= 0.3 is 0 Å². The Balaban J connectivity index is 1.91. The molecule has 3 aromatic carbocycles. The van der Waals surface area contributed by atoms with E-state index < -0.39 is 0 Å². The second-order valence-electron chi connectivity index (χ2n) is 4.81. The number of fused-ring (bicyclic) bond motifs is 1. The maximum absolute atomic E-state index is 8.93. The molecule has 0 spiro atoms. The van der Waals surface area contributed by atoms with Crippen LogP contribution in [-0.4, -0.2) is 0 Å². The Morgan fingerprint density at radius 2 is 1.86 bits per heavy atom. The van der Waals surface area contributed by atoms with Crippen molar-refractivity contribution in [3.05, 3.63) is 75.2 Å². The SMILES string of the molecule is N#Cc1cc(Cl)c(OCc2cccc3ccccc23)c(Br)c1. The van der Waals surface area contributed by atoms with Crippen molar-refractivity contribution < 1.29 is 4.74 Å². The fourth-order valence-electron chi connectivity index (χ4n) is 2.33. The van der Waals surface area contributed by atoms with E-state index in [9.17, 15) is 0 Å². The normalized spacial score (nSPS) is 10.4. The molecule has 2 nitrogen and oxygen atoms in total. The molecule has 0 saturated heterocycles. The van der Waals surface area contributed by atoms with Crippen LogP contribution in [0.5, 0.6) is 5.75 Å². The van der Waals surface area contributed by atoms with Gasteiger partial charge in [-0.3, -0.25) is 0 Å². The zero-order valence-electron chi connectivity index (χ0n) is 11.5. The molecule has 108 valence electrons. The Morgan fingerprint density at radius 3 is 2.64 bits per heavy atom. The monoisotopic (exact) mass is 371 g/mol.